The molecule has 0 spiro atoms. The summed E-state index contributed by atoms with van der Waals surface area (Å²) in [6.07, 6.45) is 0. The van der Waals surface area contributed by atoms with Gasteiger partial charge in [0, 0.05) is 0 Å². The summed E-state index contributed by atoms with van der Waals surface area (Å²) < 4.78 is 17.2. The second-order valence-electron chi connectivity index (χ2n) is 2.74. The number of aromatic amines is 1. The monoisotopic (exact) mass is 230 g/mol. The number of esters is 1. The first-order valence-corrected chi connectivity index (χ1v) is 3.94. The molecular formula is C9H8ClFN2O2. The maximum absolute atomic E-state index is 12.8. The molecule has 0 radical (unpaired) electrons. The van der Waals surface area contributed by atoms with Gasteiger partial charge in [-0.15, -0.1) is 12.4 Å². The zero-order valence-electron chi connectivity index (χ0n) is 7.78. The molecule has 1 aromatic carbocycles. The van der Waals surface area contributed by atoms with Crippen LogP contribution in [0.2, 0.25) is 0 Å². The van der Waals surface area contributed by atoms with Crippen molar-refractivity contribution in [2.24, 2.45) is 0 Å². The molecule has 4 nitrogen and oxygen atoms in total. The fourth-order valence-corrected chi connectivity index (χ4v) is 1.18. The zero-order valence-corrected chi connectivity index (χ0v) is 8.60. The fraction of sp³-hybridized carbons (Fsp3) is 0.111. The standard InChI is InChI=1S/C9H7FN2O2.ClH/c1-14-9(13)8-11-6-3-2-5(10)4-7(6)12-8;/h2-4H,1H3,(H,11,12);1H. The van der Waals surface area contributed by atoms with E-state index >= 15 is 0 Å². The van der Waals surface area contributed by atoms with E-state index in [1.807, 2.05) is 0 Å². The van der Waals surface area contributed by atoms with Gasteiger partial charge in [0.05, 0.1) is 18.1 Å². The van der Waals surface area contributed by atoms with E-state index in [1.54, 1.807) is 0 Å². The summed E-state index contributed by atoms with van der Waals surface area (Å²) in [7, 11) is 1.26. The van der Waals surface area contributed by atoms with Gasteiger partial charge in [-0.25, -0.2) is 14.2 Å². The Kier molecular flexibility index (Phi) is 3.26. The Hall–Kier alpha value is -1.62. The SMILES string of the molecule is COC(=O)c1nc2ccc(F)cc2[nH]1.Cl. The summed E-state index contributed by atoms with van der Waals surface area (Å²) >= 11 is 0. The third-order valence-electron chi connectivity index (χ3n) is 1.82. The molecule has 0 amide bonds. The molecule has 6 heteroatoms. The number of methoxy groups -OCH3 is 1. The van der Waals surface area contributed by atoms with Crippen LogP contribution in [0.1, 0.15) is 10.6 Å². The number of benzene rings is 1. The minimum atomic E-state index is -0.568. The highest BCUT2D eigenvalue weighted by Gasteiger charge is 2.11. The molecule has 2 rings (SSSR count). The number of hydrogen-bond acceptors (Lipinski definition) is 3. The highest BCUT2D eigenvalue weighted by atomic mass is 35.5. The van der Waals surface area contributed by atoms with Gasteiger partial charge in [-0.1, -0.05) is 0 Å². The van der Waals surface area contributed by atoms with E-state index in [-0.39, 0.29) is 24.0 Å². The Bertz CT molecular complexity index is 498. The summed E-state index contributed by atoms with van der Waals surface area (Å²) in [5.41, 5.74) is 1.01. The average molecular weight is 231 g/mol. The number of H-pyrrole nitrogens is 1. The number of carbonyl (C=O) groups is 1. The Balaban J connectivity index is 0.00000112. The van der Waals surface area contributed by atoms with Gasteiger partial charge in [0.25, 0.3) is 0 Å². The first-order chi connectivity index (χ1) is 6.70. The lowest BCUT2D eigenvalue weighted by Gasteiger charge is -1.90. The van der Waals surface area contributed by atoms with Crippen LogP contribution in [0.25, 0.3) is 11.0 Å². The van der Waals surface area contributed by atoms with Crippen molar-refractivity contribution in [3.8, 4) is 0 Å². The van der Waals surface area contributed by atoms with Gasteiger partial charge in [-0.2, -0.15) is 0 Å². The lowest BCUT2D eigenvalue weighted by atomic mass is 10.3. The second-order valence-corrected chi connectivity index (χ2v) is 2.74. The minimum Gasteiger partial charge on any atom is -0.463 e. The molecular weight excluding hydrogens is 223 g/mol. The van der Waals surface area contributed by atoms with Crippen LogP contribution in [0.15, 0.2) is 18.2 Å². The molecule has 0 bridgehead atoms. The first kappa shape index (κ1) is 11.5. The number of nitrogens with one attached hydrogen (secondary N) is 1. The van der Waals surface area contributed by atoms with Crippen molar-refractivity contribution in [2.45, 2.75) is 0 Å². The van der Waals surface area contributed by atoms with Gasteiger partial charge in [0.2, 0.25) is 5.82 Å². The Morgan fingerprint density at radius 1 is 1.53 bits per heavy atom. The van der Waals surface area contributed by atoms with E-state index in [2.05, 4.69) is 14.7 Å². The lowest BCUT2D eigenvalue weighted by molar-refractivity contribution is 0.0588. The van der Waals surface area contributed by atoms with E-state index in [0.717, 1.165) is 0 Å². The second kappa shape index (κ2) is 4.27. The van der Waals surface area contributed by atoms with Crippen LogP contribution < -0.4 is 0 Å². The van der Waals surface area contributed by atoms with Crippen LogP contribution in [0.3, 0.4) is 0 Å². The first-order valence-electron chi connectivity index (χ1n) is 3.94. The predicted octanol–water partition coefficient (Wildman–Crippen LogP) is 1.91. The molecule has 0 saturated heterocycles. The van der Waals surface area contributed by atoms with Crippen molar-refractivity contribution in [3.63, 3.8) is 0 Å². The summed E-state index contributed by atoms with van der Waals surface area (Å²) in [4.78, 5) is 17.6. The summed E-state index contributed by atoms with van der Waals surface area (Å²) in [6.45, 7) is 0. The average Bonchev–Trinajstić information content (AvgIpc) is 2.59. The third kappa shape index (κ3) is 2.07. The summed E-state index contributed by atoms with van der Waals surface area (Å²) in [5, 5.41) is 0. The molecule has 0 unspecified atom stereocenters. The minimum absolute atomic E-state index is 0. The molecule has 1 heterocycles. The predicted molar refractivity (Wildman–Crippen MR) is 54.6 cm³/mol. The number of aromatic nitrogens is 2. The number of imidazole rings is 1. The van der Waals surface area contributed by atoms with Gasteiger partial charge in [0.1, 0.15) is 5.82 Å². The number of fused-ring (bicyclic) bond motifs is 1. The van der Waals surface area contributed by atoms with E-state index in [0.29, 0.717) is 11.0 Å². The maximum atomic E-state index is 12.8. The molecule has 0 atom stereocenters. The summed E-state index contributed by atoms with van der Waals surface area (Å²) in [6, 6.07) is 4.05. The van der Waals surface area contributed by atoms with Gasteiger partial charge < -0.3 is 9.72 Å². The van der Waals surface area contributed by atoms with Crippen LogP contribution >= 0.6 is 12.4 Å². The number of halogens is 2. The molecule has 0 aliphatic rings. The lowest BCUT2D eigenvalue weighted by Crippen LogP contribution is -2.02. The van der Waals surface area contributed by atoms with Crippen molar-refractivity contribution in [3.05, 3.63) is 29.8 Å². The highest BCUT2D eigenvalue weighted by Crippen LogP contribution is 2.13. The van der Waals surface area contributed by atoms with Crippen molar-refractivity contribution < 1.29 is 13.9 Å². The van der Waals surface area contributed by atoms with Gasteiger partial charge >= 0.3 is 5.97 Å². The van der Waals surface area contributed by atoms with E-state index in [9.17, 15) is 9.18 Å². The molecule has 0 aliphatic carbocycles. The van der Waals surface area contributed by atoms with E-state index in [4.69, 9.17) is 0 Å². The normalized spacial score (nSPS) is 9.73. The van der Waals surface area contributed by atoms with Crippen LogP contribution in [0.4, 0.5) is 4.39 Å². The third-order valence-corrected chi connectivity index (χ3v) is 1.82. The zero-order chi connectivity index (χ0) is 10.1. The smallest absolute Gasteiger partial charge is 0.374 e. The van der Waals surface area contributed by atoms with Gasteiger partial charge in [-0.3, -0.25) is 0 Å². The number of nitrogens with zero attached hydrogens (tertiary/aromatic N) is 1. The molecule has 1 N–H and O–H groups in total. The number of carbonyl (C=O) groups excluding carboxylic acids is 1. The molecule has 0 aliphatic heterocycles. The van der Waals surface area contributed by atoms with E-state index in [1.165, 1.54) is 25.3 Å². The van der Waals surface area contributed by atoms with Gasteiger partial charge in [-0.05, 0) is 18.2 Å². The fourth-order valence-electron chi connectivity index (χ4n) is 1.18. The Labute approximate surface area is 90.9 Å². The summed E-state index contributed by atoms with van der Waals surface area (Å²) in [5.74, 6) is -0.868. The topological polar surface area (TPSA) is 55.0 Å². The van der Waals surface area contributed by atoms with E-state index < -0.39 is 5.97 Å². The Morgan fingerprint density at radius 2 is 2.27 bits per heavy atom. The van der Waals surface area contributed by atoms with Crippen LogP contribution in [0.5, 0.6) is 0 Å². The molecule has 80 valence electrons. The van der Waals surface area contributed by atoms with Crippen molar-refractivity contribution in [2.75, 3.05) is 7.11 Å². The van der Waals surface area contributed by atoms with Crippen LogP contribution in [-0.4, -0.2) is 23.0 Å². The maximum Gasteiger partial charge on any atom is 0.374 e. The van der Waals surface area contributed by atoms with Gasteiger partial charge in [0.15, 0.2) is 0 Å². The van der Waals surface area contributed by atoms with Crippen molar-refractivity contribution in [1.29, 1.82) is 0 Å². The number of hydrogen-bond donors (Lipinski definition) is 1. The number of rotatable bonds is 1. The number of ether oxygens (including phenoxy) is 1. The molecule has 1 aromatic heterocycles. The highest BCUT2D eigenvalue weighted by molar-refractivity contribution is 5.90. The Morgan fingerprint density at radius 3 is 2.93 bits per heavy atom. The molecule has 2 aromatic rings. The van der Waals surface area contributed by atoms with Crippen molar-refractivity contribution >= 4 is 29.4 Å². The molecule has 15 heavy (non-hydrogen) atoms. The molecule has 0 fully saturated rings. The van der Waals surface area contributed by atoms with Crippen LogP contribution in [-0.2, 0) is 4.74 Å². The quantitative estimate of drug-likeness (QED) is 0.762. The van der Waals surface area contributed by atoms with Crippen molar-refractivity contribution in [1.82, 2.24) is 9.97 Å². The largest absolute Gasteiger partial charge is 0.463 e. The van der Waals surface area contributed by atoms with Crippen LogP contribution in [0, 0.1) is 5.82 Å². The molecule has 0 saturated carbocycles.